The molecule has 2 rings (SSSR count). The van der Waals surface area contributed by atoms with Crippen LogP contribution in [-0.2, 0) is 9.53 Å². The highest BCUT2D eigenvalue weighted by molar-refractivity contribution is 5.92. The van der Waals surface area contributed by atoms with Gasteiger partial charge >= 0.3 is 0 Å². The van der Waals surface area contributed by atoms with E-state index in [0.29, 0.717) is 18.2 Å². The summed E-state index contributed by atoms with van der Waals surface area (Å²) in [4.78, 5) is 14.4. The van der Waals surface area contributed by atoms with E-state index in [1.165, 1.54) is 0 Å². The Balaban J connectivity index is 1.76. The molecule has 1 saturated heterocycles. The van der Waals surface area contributed by atoms with Crippen molar-refractivity contribution in [2.75, 3.05) is 37.4 Å². The molecule has 0 aromatic heterocycles. The van der Waals surface area contributed by atoms with Gasteiger partial charge in [0.25, 0.3) is 0 Å². The van der Waals surface area contributed by atoms with Crippen molar-refractivity contribution in [1.29, 1.82) is 0 Å². The van der Waals surface area contributed by atoms with Gasteiger partial charge in [-0.05, 0) is 44.5 Å². The smallest absolute Gasteiger partial charge is 0.224 e. The molecular formula is C16H25N3O2. The lowest BCUT2D eigenvalue weighted by molar-refractivity contribution is -0.116. The lowest BCUT2D eigenvalue weighted by atomic mass is 10.1. The molecule has 1 aliphatic rings. The minimum absolute atomic E-state index is 0.0459. The van der Waals surface area contributed by atoms with E-state index < -0.39 is 0 Å². The van der Waals surface area contributed by atoms with E-state index in [-0.39, 0.29) is 5.91 Å². The number of anilines is 2. The van der Waals surface area contributed by atoms with Crippen molar-refractivity contribution in [3.63, 3.8) is 0 Å². The molecule has 1 aromatic carbocycles. The molecule has 1 aliphatic heterocycles. The first-order valence-electron chi connectivity index (χ1n) is 7.54. The molecule has 1 atom stereocenters. The predicted octanol–water partition coefficient (Wildman–Crippen LogP) is 2.02. The van der Waals surface area contributed by atoms with E-state index >= 15 is 0 Å². The predicted molar refractivity (Wildman–Crippen MR) is 85.3 cm³/mol. The lowest BCUT2D eigenvalue weighted by Gasteiger charge is -2.33. The number of morpholine rings is 1. The number of hydrogen-bond acceptors (Lipinski definition) is 4. The Bertz CT molecular complexity index is 490. The average molecular weight is 291 g/mol. The van der Waals surface area contributed by atoms with Crippen LogP contribution in [0.4, 0.5) is 11.4 Å². The number of carbonyl (C=O) groups excluding carboxylic acids is 1. The molecule has 1 heterocycles. The largest absolute Gasteiger partial charge is 0.398 e. The van der Waals surface area contributed by atoms with Crippen molar-refractivity contribution in [2.45, 2.75) is 32.7 Å². The molecule has 0 bridgehead atoms. The molecule has 116 valence electrons. The molecule has 1 fully saturated rings. The van der Waals surface area contributed by atoms with E-state index in [2.05, 4.69) is 17.1 Å². The summed E-state index contributed by atoms with van der Waals surface area (Å²) < 4.78 is 5.41. The van der Waals surface area contributed by atoms with Crippen LogP contribution in [0.5, 0.6) is 0 Å². The average Bonchev–Trinajstić information content (AvgIpc) is 2.46. The maximum absolute atomic E-state index is 12.0. The van der Waals surface area contributed by atoms with Crippen molar-refractivity contribution < 1.29 is 9.53 Å². The van der Waals surface area contributed by atoms with Crippen LogP contribution in [0.3, 0.4) is 0 Å². The molecular weight excluding hydrogens is 266 g/mol. The zero-order valence-electron chi connectivity index (χ0n) is 12.9. The van der Waals surface area contributed by atoms with Crippen LogP contribution in [0.15, 0.2) is 18.2 Å². The number of rotatable bonds is 5. The second-order valence-corrected chi connectivity index (χ2v) is 5.63. The second kappa shape index (κ2) is 7.43. The number of nitrogen functional groups attached to an aromatic ring is 1. The highest BCUT2D eigenvalue weighted by atomic mass is 16.5. The molecule has 21 heavy (non-hydrogen) atoms. The van der Waals surface area contributed by atoms with Crippen molar-refractivity contribution >= 4 is 17.3 Å². The normalized spacial score (nSPS) is 19.4. The van der Waals surface area contributed by atoms with Crippen LogP contribution in [0.1, 0.15) is 25.3 Å². The summed E-state index contributed by atoms with van der Waals surface area (Å²) in [6.45, 7) is 7.55. The molecule has 3 N–H and O–H groups in total. The van der Waals surface area contributed by atoms with Gasteiger partial charge in [0.1, 0.15) is 0 Å². The number of nitrogens with zero attached hydrogens (tertiary/aromatic N) is 1. The summed E-state index contributed by atoms with van der Waals surface area (Å²) in [6.07, 6.45) is 1.38. The van der Waals surface area contributed by atoms with Gasteiger partial charge in [0.2, 0.25) is 5.91 Å². The summed E-state index contributed by atoms with van der Waals surface area (Å²) in [5.41, 5.74) is 8.27. The molecule has 1 amide bonds. The summed E-state index contributed by atoms with van der Waals surface area (Å²) in [5, 5.41) is 2.94. The number of nitrogens with two attached hydrogens (primary N) is 1. The van der Waals surface area contributed by atoms with Crippen LogP contribution in [0, 0.1) is 6.92 Å². The second-order valence-electron chi connectivity index (χ2n) is 5.63. The minimum Gasteiger partial charge on any atom is -0.398 e. The van der Waals surface area contributed by atoms with Gasteiger partial charge in [-0.3, -0.25) is 9.69 Å². The Hall–Kier alpha value is -1.59. The Labute approximate surface area is 126 Å². The fourth-order valence-electron chi connectivity index (χ4n) is 2.54. The van der Waals surface area contributed by atoms with E-state index in [1.807, 2.05) is 25.1 Å². The number of carbonyl (C=O) groups is 1. The fraction of sp³-hybridized carbons (Fsp3) is 0.562. The first kappa shape index (κ1) is 15.8. The topological polar surface area (TPSA) is 67.6 Å². The highest BCUT2D eigenvalue weighted by Crippen LogP contribution is 2.20. The van der Waals surface area contributed by atoms with Crippen molar-refractivity contribution in [3.05, 3.63) is 23.8 Å². The summed E-state index contributed by atoms with van der Waals surface area (Å²) in [5.74, 6) is 0.0459. The van der Waals surface area contributed by atoms with Gasteiger partial charge in [0.15, 0.2) is 0 Å². The zero-order chi connectivity index (χ0) is 15.2. The lowest BCUT2D eigenvalue weighted by Crippen LogP contribution is -2.44. The third-order valence-electron chi connectivity index (χ3n) is 4.00. The van der Waals surface area contributed by atoms with E-state index in [1.54, 1.807) is 0 Å². The minimum atomic E-state index is 0.0459. The number of ether oxygens (including phenoxy) is 1. The van der Waals surface area contributed by atoms with Gasteiger partial charge < -0.3 is 15.8 Å². The van der Waals surface area contributed by atoms with Crippen LogP contribution < -0.4 is 11.1 Å². The van der Waals surface area contributed by atoms with E-state index in [4.69, 9.17) is 10.5 Å². The third kappa shape index (κ3) is 4.44. The molecule has 5 nitrogen and oxygen atoms in total. The van der Waals surface area contributed by atoms with Gasteiger partial charge in [-0.1, -0.05) is 6.07 Å². The zero-order valence-corrected chi connectivity index (χ0v) is 12.9. The van der Waals surface area contributed by atoms with Crippen LogP contribution in [-0.4, -0.2) is 43.2 Å². The van der Waals surface area contributed by atoms with Crippen molar-refractivity contribution in [1.82, 2.24) is 4.90 Å². The van der Waals surface area contributed by atoms with Crippen LogP contribution in [0.25, 0.3) is 0 Å². The number of nitrogens with one attached hydrogen (secondary N) is 1. The monoisotopic (exact) mass is 291 g/mol. The molecule has 1 aromatic rings. The van der Waals surface area contributed by atoms with Gasteiger partial charge in [-0.25, -0.2) is 0 Å². The quantitative estimate of drug-likeness (QED) is 0.814. The molecule has 0 spiro atoms. The van der Waals surface area contributed by atoms with Gasteiger partial charge in [0.05, 0.1) is 13.2 Å². The Kier molecular flexibility index (Phi) is 5.59. The Morgan fingerprint density at radius 2 is 2.33 bits per heavy atom. The molecule has 5 heteroatoms. The maximum Gasteiger partial charge on any atom is 0.224 e. The van der Waals surface area contributed by atoms with Gasteiger partial charge in [0, 0.05) is 30.4 Å². The number of hydrogen-bond donors (Lipinski definition) is 2. The molecule has 0 aliphatic carbocycles. The highest BCUT2D eigenvalue weighted by Gasteiger charge is 2.18. The van der Waals surface area contributed by atoms with E-state index in [9.17, 15) is 4.79 Å². The van der Waals surface area contributed by atoms with E-state index in [0.717, 1.165) is 44.0 Å². The summed E-state index contributed by atoms with van der Waals surface area (Å²) in [7, 11) is 0. The Morgan fingerprint density at radius 3 is 3.10 bits per heavy atom. The van der Waals surface area contributed by atoms with Gasteiger partial charge in [-0.15, -0.1) is 0 Å². The van der Waals surface area contributed by atoms with Gasteiger partial charge in [-0.2, -0.15) is 0 Å². The summed E-state index contributed by atoms with van der Waals surface area (Å²) >= 11 is 0. The molecule has 0 radical (unpaired) electrons. The first-order chi connectivity index (χ1) is 10.1. The fourth-order valence-corrected chi connectivity index (χ4v) is 2.54. The molecule has 0 saturated carbocycles. The Morgan fingerprint density at radius 1 is 1.52 bits per heavy atom. The first-order valence-corrected chi connectivity index (χ1v) is 7.54. The van der Waals surface area contributed by atoms with Crippen LogP contribution in [0.2, 0.25) is 0 Å². The standard InChI is InChI=1S/C16H25N3O2/c1-12-11-21-10-9-19(12)8-4-7-16(20)18-15-6-3-5-14(17)13(15)2/h3,5-6,12H,4,7-11,17H2,1-2H3,(H,18,20). The number of benzene rings is 1. The van der Waals surface area contributed by atoms with Crippen molar-refractivity contribution in [2.24, 2.45) is 0 Å². The maximum atomic E-state index is 12.0. The van der Waals surface area contributed by atoms with Crippen LogP contribution >= 0.6 is 0 Å². The van der Waals surface area contributed by atoms with Crippen molar-refractivity contribution in [3.8, 4) is 0 Å². The summed E-state index contributed by atoms with van der Waals surface area (Å²) in [6, 6.07) is 6.02. The number of amides is 1. The third-order valence-corrected chi connectivity index (χ3v) is 4.00. The molecule has 1 unspecified atom stereocenters. The SMILES string of the molecule is Cc1c(N)cccc1NC(=O)CCCN1CCOCC1C.